The Morgan fingerprint density at radius 1 is 0.969 bits per heavy atom. The van der Waals surface area contributed by atoms with E-state index in [1.165, 1.54) is 0 Å². The first-order chi connectivity index (χ1) is 15.5. The molecule has 2 amide bonds. The zero-order valence-electron chi connectivity index (χ0n) is 19.4. The van der Waals surface area contributed by atoms with Gasteiger partial charge in [0, 0.05) is 13.1 Å². The van der Waals surface area contributed by atoms with Crippen LogP contribution >= 0.6 is 0 Å². The highest BCUT2D eigenvalue weighted by Crippen LogP contribution is 2.26. The van der Waals surface area contributed by atoms with Crippen molar-refractivity contribution in [3.63, 3.8) is 0 Å². The molecule has 0 spiro atoms. The second-order valence-corrected chi connectivity index (χ2v) is 7.38. The summed E-state index contributed by atoms with van der Waals surface area (Å²) in [4.78, 5) is 27.7. The molecular weight excluding hydrogens is 408 g/mol. The second kappa shape index (κ2) is 13.2. The molecule has 0 aliphatic heterocycles. The number of rotatable bonds is 13. The van der Waals surface area contributed by atoms with Gasteiger partial charge in [-0.25, -0.2) is 0 Å². The van der Waals surface area contributed by atoms with Gasteiger partial charge in [-0.1, -0.05) is 44.5 Å². The number of unbranched alkanes of at least 4 members (excludes halogenated alkanes) is 1. The van der Waals surface area contributed by atoms with Gasteiger partial charge in [-0.2, -0.15) is 0 Å². The van der Waals surface area contributed by atoms with Crippen molar-refractivity contribution in [1.29, 1.82) is 0 Å². The second-order valence-electron chi connectivity index (χ2n) is 7.38. The quantitative estimate of drug-likeness (QED) is 0.478. The maximum atomic E-state index is 13.2. The maximum Gasteiger partial charge on any atom is 0.261 e. The number of amides is 2. The van der Waals surface area contributed by atoms with E-state index in [1.807, 2.05) is 43.3 Å². The van der Waals surface area contributed by atoms with Gasteiger partial charge in [0.15, 0.2) is 18.1 Å². The van der Waals surface area contributed by atoms with Crippen LogP contribution in [-0.4, -0.2) is 50.1 Å². The molecule has 0 heterocycles. The lowest BCUT2D eigenvalue weighted by Crippen LogP contribution is -2.50. The molecule has 0 saturated carbocycles. The van der Waals surface area contributed by atoms with Crippen molar-refractivity contribution in [3.05, 3.63) is 54.1 Å². The Bertz CT molecular complexity index is 854. The highest BCUT2D eigenvalue weighted by atomic mass is 16.5. The number of hydrogen-bond donors (Lipinski definition) is 1. The fourth-order valence-corrected chi connectivity index (χ4v) is 3.31. The van der Waals surface area contributed by atoms with E-state index in [-0.39, 0.29) is 25.0 Å². The molecule has 0 radical (unpaired) electrons. The largest absolute Gasteiger partial charge is 0.497 e. The molecule has 7 heteroatoms. The minimum absolute atomic E-state index is 0.153. The van der Waals surface area contributed by atoms with Crippen LogP contribution in [0.2, 0.25) is 0 Å². The summed E-state index contributed by atoms with van der Waals surface area (Å²) in [5.74, 6) is 1.33. The molecule has 0 fully saturated rings. The van der Waals surface area contributed by atoms with Crippen molar-refractivity contribution >= 4 is 11.8 Å². The predicted octanol–water partition coefficient (Wildman–Crippen LogP) is 3.81. The van der Waals surface area contributed by atoms with Gasteiger partial charge in [-0.3, -0.25) is 9.59 Å². The summed E-state index contributed by atoms with van der Waals surface area (Å²) in [6, 6.07) is 14.0. The SMILES string of the molecule is CCCCNC(=O)[C@@H](CC)N(Cc1ccc(OC)cc1)C(=O)COc1ccccc1OC. The van der Waals surface area contributed by atoms with Crippen molar-refractivity contribution < 1.29 is 23.8 Å². The summed E-state index contributed by atoms with van der Waals surface area (Å²) in [6.45, 7) is 4.65. The van der Waals surface area contributed by atoms with E-state index < -0.39 is 6.04 Å². The number of carbonyl (C=O) groups is 2. The molecule has 0 saturated heterocycles. The van der Waals surface area contributed by atoms with E-state index in [1.54, 1.807) is 31.3 Å². The van der Waals surface area contributed by atoms with Gasteiger partial charge in [-0.05, 0) is 42.7 Å². The molecule has 174 valence electrons. The molecule has 32 heavy (non-hydrogen) atoms. The Labute approximate surface area is 190 Å². The third-order valence-corrected chi connectivity index (χ3v) is 5.15. The summed E-state index contributed by atoms with van der Waals surface area (Å²) in [5, 5.41) is 2.95. The number of para-hydroxylation sites is 2. The van der Waals surface area contributed by atoms with Crippen molar-refractivity contribution in [2.45, 2.75) is 45.7 Å². The van der Waals surface area contributed by atoms with Crippen molar-refractivity contribution in [3.8, 4) is 17.2 Å². The first-order valence-electron chi connectivity index (χ1n) is 11.0. The summed E-state index contributed by atoms with van der Waals surface area (Å²) in [7, 11) is 3.15. The monoisotopic (exact) mass is 442 g/mol. The molecule has 2 aromatic rings. The Balaban J connectivity index is 2.20. The molecule has 0 aliphatic carbocycles. The highest BCUT2D eigenvalue weighted by molar-refractivity contribution is 5.88. The number of benzene rings is 2. The molecule has 0 aromatic heterocycles. The van der Waals surface area contributed by atoms with Gasteiger partial charge < -0.3 is 24.4 Å². The number of nitrogens with zero attached hydrogens (tertiary/aromatic N) is 1. The molecule has 7 nitrogen and oxygen atoms in total. The van der Waals surface area contributed by atoms with E-state index >= 15 is 0 Å². The highest BCUT2D eigenvalue weighted by Gasteiger charge is 2.29. The summed E-state index contributed by atoms with van der Waals surface area (Å²) >= 11 is 0. The third kappa shape index (κ3) is 7.18. The molecule has 0 aliphatic rings. The van der Waals surface area contributed by atoms with E-state index in [4.69, 9.17) is 14.2 Å². The summed E-state index contributed by atoms with van der Waals surface area (Å²) < 4.78 is 16.3. The van der Waals surface area contributed by atoms with Crippen LogP contribution in [0.25, 0.3) is 0 Å². The maximum absolute atomic E-state index is 13.2. The lowest BCUT2D eigenvalue weighted by atomic mass is 10.1. The standard InChI is InChI=1S/C25H34N2O5/c1-5-7-16-26-25(29)21(6-2)27(17-19-12-14-20(30-3)15-13-19)24(28)18-32-23-11-9-8-10-22(23)31-4/h8-15,21H,5-7,16-18H2,1-4H3,(H,26,29)/t21-/m1/s1. The third-order valence-electron chi connectivity index (χ3n) is 5.15. The van der Waals surface area contributed by atoms with Gasteiger partial charge >= 0.3 is 0 Å². The van der Waals surface area contributed by atoms with Crippen LogP contribution in [0.3, 0.4) is 0 Å². The fourth-order valence-electron chi connectivity index (χ4n) is 3.31. The van der Waals surface area contributed by atoms with Crippen LogP contribution < -0.4 is 19.5 Å². The van der Waals surface area contributed by atoms with E-state index in [0.717, 1.165) is 24.2 Å². The topological polar surface area (TPSA) is 77.1 Å². The van der Waals surface area contributed by atoms with Crippen molar-refractivity contribution in [2.75, 3.05) is 27.4 Å². The normalized spacial score (nSPS) is 11.4. The number of methoxy groups -OCH3 is 2. The van der Waals surface area contributed by atoms with Crippen LogP contribution in [0.15, 0.2) is 48.5 Å². The van der Waals surface area contributed by atoms with Crippen LogP contribution in [0.4, 0.5) is 0 Å². The molecule has 2 aromatic carbocycles. The van der Waals surface area contributed by atoms with E-state index in [0.29, 0.717) is 24.5 Å². The fraction of sp³-hybridized carbons (Fsp3) is 0.440. The van der Waals surface area contributed by atoms with Gasteiger partial charge in [0.25, 0.3) is 5.91 Å². The first kappa shape index (κ1) is 25.0. The number of ether oxygens (including phenoxy) is 3. The van der Waals surface area contributed by atoms with Gasteiger partial charge in [0.05, 0.1) is 14.2 Å². The Morgan fingerprint density at radius 2 is 1.66 bits per heavy atom. The minimum atomic E-state index is -0.595. The Morgan fingerprint density at radius 3 is 2.25 bits per heavy atom. The average Bonchev–Trinajstić information content (AvgIpc) is 2.83. The van der Waals surface area contributed by atoms with E-state index in [9.17, 15) is 9.59 Å². The number of nitrogens with one attached hydrogen (secondary N) is 1. The molecule has 1 N–H and O–H groups in total. The smallest absolute Gasteiger partial charge is 0.261 e. The van der Waals surface area contributed by atoms with E-state index in [2.05, 4.69) is 12.2 Å². The summed E-state index contributed by atoms with van der Waals surface area (Å²) in [5.41, 5.74) is 0.899. The molecule has 0 unspecified atom stereocenters. The predicted molar refractivity (Wildman–Crippen MR) is 124 cm³/mol. The Hall–Kier alpha value is -3.22. The van der Waals surface area contributed by atoms with Crippen LogP contribution in [0.1, 0.15) is 38.7 Å². The first-order valence-corrected chi connectivity index (χ1v) is 11.0. The minimum Gasteiger partial charge on any atom is -0.497 e. The average molecular weight is 443 g/mol. The van der Waals surface area contributed by atoms with Crippen LogP contribution in [-0.2, 0) is 16.1 Å². The van der Waals surface area contributed by atoms with Crippen LogP contribution in [0, 0.1) is 0 Å². The molecular formula is C25H34N2O5. The van der Waals surface area contributed by atoms with Crippen LogP contribution in [0.5, 0.6) is 17.2 Å². The van der Waals surface area contributed by atoms with Gasteiger partial charge in [0.2, 0.25) is 5.91 Å². The number of hydrogen-bond acceptors (Lipinski definition) is 5. The molecule has 1 atom stereocenters. The van der Waals surface area contributed by atoms with Gasteiger partial charge in [-0.15, -0.1) is 0 Å². The zero-order valence-corrected chi connectivity index (χ0v) is 19.4. The summed E-state index contributed by atoms with van der Waals surface area (Å²) in [6.07, 6.45) is 2.37. The molecule has 2 rings (SSSR count). The van der Waals surface area contributed by atoms with Gasteiger partial charge in [0.1, 0.15) is 11.8 Å². The van der Waals surface area contributed by atoms with Crippen molar-refractivity contribution in [1.82, 2.24) is 10.2 Å². The lowest BCUT2D eigenvalue weighted by Gasteiger charge is -2.30. The lowest BCUT2D eigenvalue weighted by molar-refractivity contribution is -0.143. The molecule has 0 bridgehead atoms. The zero-order chi connectivity index (χ0) is 23.3. The Kier molecular flexibility index (Phi) is 10.4. The number of carbonyl (C=O) groups excluding carboxylic acids is 2. The van der Waals surface area contributed by atoms with Crippen molar-refractivity contribution in [2.24, 2.45) is 0 Å².